The lowest BCUT2D eigenvalue weighted by molar-refractivity contribution is -0.117. The van der Waals surface area contributed by atoms with Crippen LogP contribution in [0.3, 0.4) is 0 Å². The molecule has 0 unspecified atom stereocenters. The molecule has 2 heterocycles. The summed E-state index contributed by atoms with van der Waals surface area (Å²) in [6.45, 7) is 1.85. The fraction of sp³-hybridized carbons (Fsp3) is 0.160. The molecule has 0 saturated carbocycles. The van der Waals surface area contributed by atoms with Crippen LogP contribution in [0.25, 0.3) is 22.2 Å². The van der Waals surface area contributed by atoms with Crippen molar-refractivity contribution in [3.63, 3.8) is 0 Å². The van der Waals surface area contributed by atoms with E-state index in [1.807, 2.05) is 37.3 Å². The van der Waals surface area contributed by atoms with Gasteiger partial charge in [0.25, 0.3) is 0 Å². The van der Waals surface area contributed by atoms with Gasteiger partial charge in [-0.3, -0.25) is 14.6 Å². The molecule has 4 rings (SSSR count). The minimum atomic E-state index is -0.441. The van der Waals surface area contributed by atoms with Gasteiger partial charge in [-0.15, -0.1) is 0 Å². The average molecular weight is 430 g/mol. The molecule has 0 atom stereocenters. The number of methoxy groups -OCH3 is 2. The average Bonchev–Trinajstić information content (AvgIpc) is 3.13. The monoisotopic (exact) mass is 430 g/mol. The first kappa shape index (κ1) is 21.1. The Kier molecular flexibility index (Phi) is 5.64. The Hall–Kier alpha value is -4.13. The minimum Gasteiger partial charge on any atom is -0.497 e. The number of aromatic nitrogens is 1. The van der Waals surface area contributed by atoms with Gasteiger partial charge in [0.2, 0.25) is 11.7 Å². The number of carbonyl (C=O) groups excluding carboxylic acids is 2. The third kappa shape index (κ3) is 3.92. The summed E-state index contributed by atoms with van der Waals surface area (Å²) in [6.07, 6.45) is 0.0677. The predicted molar refractivity (Wildman–Crippen MR) is 120 cm³/mol. The number of amides is 1. The fourth-order valence-electron chi connectivity index (χ4n) is 3.63. The molecular weight excluding hydrogens is 408 g/mol. The second-order valence-electron chi connectivity index (χ2n) is 7.32. The Morgan fingerprint density at radius 3 is 2.56 bits per heavy atom. The summed E-state index contributed by atoms with van der Waals surface area (Å²) in [4.78, 5) is 29.0. The number of pyridine rings is 1. The number of rotatable bonds is 7. The lowest BCUT2D eigenvalue weighted by atomic mass is 10.0. The number of benzene rings is 2. The van der Waals surface area contributed by atoms with Gasteiger partial charge < -0.3 is 19.6 Å². The van der Waals surface area contributed by atoms with Crippen LogP contribution in [-0.2, 0) is 11.2 Å². The van der Waals surface area contributed by atoms with Gasteiger partial charge in [0.1, 0.15) is 17.1 Å². The Morgan fingerprint density at radius 2 is 1.84 bits per heavy atom. The number of hydrogen-bond acceptors (Lipinski definition) is 6. The van der Waals surface area contributed by atoms with Crippen LogP contribution in [0.15, 0.2) is 59.0 Å². The number of ether oxygens (including phenoxy) is 2. The normalized spacial score (nSPS) is 10.8. The third-order valence-corrected chi connectivity index (χ3v) is 5.26. The summed E-state index contributed by atoms with van der Waals surface area (Å²) in [5.41, 5.74) is 9.05. The number of aryl methyl sites for hydroxylation is 1. The molecule has 0 radical (unpaired) electrons. The van der Waals surface area contributed by atoms with Gasteiger partial charge in [-0.25, -0.2) is 0 Å². The molecular formula is C25H22N2O5. The SMILES string of the molecule is COc1ccc(C(=O)c2oc3cc(-c4cccc(CC(N)=O)n4)ccc3c2C)c(OC)c1. The van der Waals surface area contributed by atoms with Crippen LogP contribution in [0.2, 0.25) is 0 Å². The van der Waals surface area contributed by atoms with E-state index < -0.39 is 5.91 Å². The molecule has 0 spiro atoms. The molecule has 0 bridgehead atoms. The maximum absolute atomic E-state index is 13.2. The number of ketones is 1. The molecule has 1 amide bonds. The van der Waals surface area contributed by atoms with Crippen molar-refractivity contribution in [1.29, 1.82) is 0 Å². The Balaban J connectivity index is 1.74. The van der Waals surface area contributed by atoms with E-state index in [4.69, 9.17) is 19.6 Å². The van der Waals surface area contributed by atoms with Crippen LogP contribution in [-0.4, -0.2) is 30.9 Å². The zero-order chi connectivity index (χ0) is 22.8. The van der Waals surface area contributed by atoms with Crippen molar-refractivity contribution in [2.75, 3.05) is 14.2 Å². The first-order valence-corrected chi connectivity index (χ1v) is 9.95. The van der Waals surface area contributed by atoms with E-state index in [9.17, 15) is 9.59 Å². The molecule has 2 aromatic carbocycles. The number of nitrogens with zero attached hydrogens (tertiary/aromatic N) is 1. The van der Waals surface area contributed by atoms with Crippen molar-refractivity contribution in [2.24, 2.45) is 5.73 Å². The molecule has 7 nitrogen and oxygen atoms in total. The van der Waals surface area contributed by atoms with Crippen molar-refractivity contribution >= 4 is 22.7 Å². The maximum atomic E-state index is 13.2. The molecule has 162 valence electrons. The first-order chi connectivity index (χ1) is 15.4. The van der Waals surface area contributed by atoms with E-state index in [1.165, 1.54) is 7.11 Å². The van der Waals surface area contributed by atoms with E-state index in [0.717, 1.165) is 16.5 Å². The minimum absolute atomic E-state index is 0.0677. The number of hydrogen-bond donors (Lipinski definition) is 1. The topological polar surface area (TPSA) is 105 Å². The number of nitrogens with two attached hydrogens (primary N) is 1. The summed E-state index contributed by atoms with van der Waals surface area (Å²) >= 11 is 0. The summed E-state index contributed by atoms with van der Waals surface area (Å²) in [5, 5.41) is 0.831. The summed E-state index contributed by atoms with van der Waals surface area (Å²) in [5.74, 6) is 0.530. The molecule has 0 saturated heterocycles. The molecule has 32 heavy (non-hydrogen) atoms. The van der Waals surface area contributed by atoms with Gasteiger partial charge in [0.05, 0.1) is 37.6 Å². The van der Waals surface area contributed by atoms with E-state index in [2.05, 4.69) is 4.98 Å². The summed E-state index contributed by atoms with van der Waals surface area (Å²) < 4.78 is 16.6. The molecule has 2 aromatic heterocycles. The van der Waals surface area contributed by atoms with Crippen molar-refractivity contribution in [2.45, 2.75) is 13.3 Å². The molecule has 2 N–H and O–H groups in total. The van der Waals surface area contributed by atoms with Crippen molar-refractivity contribution < 1.29 is 23.5 Å². The smallest absolute Gasteiger partial charge is 0.232 e. The first-order valence-electron chi connectivity index (χ1n) is 9.95. The van der Waals surface area contributed by atoms with Gasteiger partial charge >= 0.3 is 0 Å². The molecule has 7 heteroatoms. The third-order valence-electron chi connectivity index (χ3n) is 5.26. The highest BCUT2D eigenvalue weighted by molar-refractivity contribution is 6.12. The van der Waals surface area contributed by atoms with Crippen molar-refractivity contribution in [1.82, 2.24) is 4.98 Å². The van der Waals surface area contributed by atoms with Crippen LogP contribution < -0.4 is 15.2 Å². The van der Waals surface area contributed by atoms with Gasteiger partial charge in [-0.05, 0) is 37.3 Å². The quantitative estimate of drug-likeness (QED) is 0.443. The fourth-order valence-corrected chi connectivity index (χ4v) is 3.63. The second-order valence-corrected chi connectivity index (χ2v) is 7.32. The van der Waals surface area contributed by atoms with E-state index in [-0.39, 0.29) is 18.0 Å². The highest BCUT2D eigenvalue weighted by atomic mass is 16.5. The number of furan rings is 1. The lowest BCUT2D eigenvalue weighted by Gasteiger charge is -2.08. The van der Waals surface area contributed by atoms with Crippen LogP contribution in [0, 0.1) is 6.92 Å². The number of fused-ring (bicyclic) bond motifs is 1. The number of primary amides is 1. The Morgan fingerprint density at radius 1 is 1.03 bits per heavy atom. The van der Waals surface area contributed by atoms with Gasteiger partial charge in [0.15, 0.2) is 5.76 Å². The largest absolute Gasteiger partial charge is 0.497 e. The van der Waals surface area contributed by atoms with Gasteiger partial charge in [-0.2, -0.15) is 0 Å². The standard InChI is InChI=1S/C25H22N2O5/c1-14-18-9-7-15(20-6-4-5-16(27-20)12-23(26)28)11-22(18)32-25(14)24(29)19-10-8-17(30-2)13-21(19)31-3/h4-11,13H,12H2,1-3H3,(H2,26,28). The Labute approximate surface area is 184 Å². The molecule has 0 aliphatic rings. The highest BCUT2D eigenvalue weighted by Crippen LogP contribution is 2.33. The predicted octanol–water partition coefficient (Wildman–Crippen LogP) is 4.08. The molecule has 0 aliphatic heterocycles. The Bertz CT molecular complexity index is 1340. The van der Waals surface area contributed by atoms with Crippen molar-refractivity contribution in [3.8, 4) is 22.8 Å². The van der Waals surface area contributed by atoms with E-state index in [1.54, 1.807) is 31.4 Å². The van der Waals surface area contributed by atoms with Crippen molar-refractivity contribution in [3.05, 3.63) is 77.2 Å². The maximum Gasteiger partial charge on any atom is 0.232 e. The second kappa shape index (κ2) is 8.55. The zero-order valence-corrected chi connectivity index (χ0v) is 18.0. The van der Waals surface area contributed by atoms with Crippen LogP contribution >= 0.6 is 0 Å². The summed E-state index contributed by atoms with van der Waals surface area (Å²) in [6, 6.07) is 16.1. The van der Waals surface area contributed by atoms with E-state index >= 15 is 0 Å². The van der Waals surface area contributed by atoms with Crippen LogP contribution in [0.4, 0.5) is 0 Å². The highest BCUT2D eigenvalue weighted by Gasteiger charge is 2.23. The molecule has 4 aromatic rings. The number of carbonyl (C=O) groups is 2. The molecule has 0 fully saturated rings. The van der Waals surface area contributed by atoms with Crippen LogP contribution in [0.1, 0.15) is 27.4 Å². The van der Waals surface area contributed by atoms with Gasteiger partial charge in [0, 0.05) is 22.6 Å². The van der Waals surface area contributed by atoms with Gasteiger partial charge in [-0.1, -0.05) is 18.2 Å². The lowest BCUT2D eigenvalue weighted by Crippen LogP contribution is -2.14. The zero-order valence-electron chi connectivity index (χ0n) is 18.0. The molecule has 0 aliphatic carbocycles. The van der Waals surface area contributed by atoms with E-state index in [0.29, 0.717) is 34.0 Å². The van der Waals surface area contributed by atoms with Crippen LogP contribution in [0.5, 0.6) is 11.5 Å². The summed E-state index contributed by atoms with van der Waals surface area (Å²) in [7, 11) is 3.05.